The van der Waals surface area contributed by atoms with E-state index in [1.807, 2.05) is 6.07 Å². The molecule has 0 aliphatic carbocycles. The minimum Gasteiger partial charge on any atom is -0.493 e. The first-order valence-electron chi connectivity index (χ1n) is 8.89. The average molecular weight is 417 g/mol. The van der Waals surface area contributed by atoms with E-state index >= 15 is 0 Å². The van der Waals surface area contributed by atoms with Gasteiger partial charge in [0.15, 0.2) is 18.1 Å². The van der Waals surface area contributed by atoms with Crippen LogP contribution in [0.5, 0.6) is 11.5 Å². The molecule has 7 nitrogen and oxygen atoms in total. The molecule has 0 saturated carbocycles. The summed E-state index contributed by atoms with van der Waals surface area (Å²) in [4.78, 5) is 36.9. The van der Waals surface area contributed by atoms with Gasteiger partial charge in [-0.25, -0.2) is 4.79 Å². The first-order chi connectivity index (χ1) is 13.9. The van der Waals surface area contributed by atoms with Crippen LogP contribution in [-0.4, -0.2) is 44.5 Å². The summed E-state index contributed by atoms with van der Waals surface area (Å²) in [5.41, 5.74) is 0.253. The summed E-state index contributed by atoms with van der Waals surface area (Å²) in [6.07, 6.45) is 2.24. The molecule has 29 heavy (non-hydrogen) atoms. The number of hydrogen-bond donors (Lipinski definition) is 1. The van der Waals surface area contributed by atoms with Crippen molar-refractivity contribution >= 4 is 29.0 Å². The van der Waals surface area contributed by atoms with Gasteiger partial charge in [0.2, 0.25) is 11.7 Å². The monoisotopic (exact) mass is 417 g/mol. The van der Waals surface area contributed by atoms with Crippen molar-refractivity contribution in [1.29, 1.82) is 0 Å². The number of Topliss-reactive ketones (excluding diaryl/α,β-unsaturated/α-hetero) is 1. The van der Waals surface area contributed by atoms with Gasteiger partial charge >= 0.3 is 5.97 Å². The van der Waals surface area contributed by atoms with Gasteiger partial charge < -0.3 is 19.5 Å². The molecule has 2 aromatic rings. The van der Waals surface area contributed by atoms with Gasteiger partial charge in [0.1, 0.15) is 6.61 Å². The number of esters is 1. The van der Waals surface area contributed by atoms with Gasteiger partial charge in [0.25, 0.3) is 0 Å². The lowest BCUT2D eigenvalue weighted by atomic mass is 10.2. The van der Waals surface area contributed by atoms with Crippen LogP contribution in [0.2, 0.25) is 0 Å². The number of rotatable bonds is 11. The summed E-state index contributed by atoms with van der Waals surface area (Å²) in [6, 6.07) is 8.16. The Hall–Kier alpha value is -3.13. The SMILES string of the molecule is C=CCOc1ccc(C(=O)OCC(=O)c2ccc(CCNC(C)=O)s2)cc1OC. The van der Waals surface area contributed by atoms with E-state index in [9.17, 15) is 14.4 Å². The number of thiophene rings is 1. The lowest BCUT2D eigenvalue weighted by molar-refractivity contribution is -0.118. The molecule has 0 radical (unpaired) electrons. The van der Waals surface area contributed by atoms with E-state index in [2.05, 4.69) is 11.9 Å². The Morgan fingerprint density at radius 1 is 1.17 bits per heavy atom. The molecular weight excluding hydrogens is 394 g/mol. The molecule has 0 spiro atoms. The molecule has 1 amide bonds. The van der Waals surface area contributed by atoms with E-state index in [1.165, 1.54) is 31.4 Å². The summed E-state index contributed by atoms with van der Waals surface area (Å²) in [5.74, 6) is -0.150. The van der Waals surface area contributed by atoms with Crippen molar-refractivity contribution in [2.45, 2.75) is 13.3 Å². The zero-order valence-electron chi connectivity index (χ0n) is 16.4. The number of amides is 1. The van der Waals surface area contributed by atoms with Gasteiger partial charge in [0, 0.05) is 18.3 Å². The molecule has 8 heteroatoms. The van der Waals surface area contributed by atoms with Gasteiger partial charge in [-0.05, 0) is 36.8 Å². The molecule has 1 aromatic heterocycles. The zero-order valence-corrected chi connectivity index (χ0v) is 17.2. The molecule has 0 aliphatic rings. The summed E-state index contributed by atoms with van der Waals surface area (Å²) < 4.78 is 15.8. The van der Waals surface area contributed by atoms with E-state index in [4.69, 9.17) is 14.2 Å². The number of methoxy groups -OCH3 is 1. The van der Waals surface area contributed by atoms with Crippen LogP contribution < -0.4 is 14.8 Å². The number of ether oxygens (including phenoxy) is 3. The van der Waals surface area contributed by atoms with E-state index in [0.29, 0.717) is 35.9 Å². The van der Waals surface area contributed by atoms with Crippen LogP contribution in [0.15, 0.2) is 43.0 Å². The smallest absolute Gasteiger partial charge is 0.338 e. The van der Waals surface area contributed by atoms with Gasteiger partial charge in [-0.2, -0.15) is 0 Å². The Labute approximate surface area is 173 Å². The van der Waals surface area contributed by atoms with E-state index in [1.54, 1.807) is 24.3 Å². The molecule has 0 fully saturated rings. The Bertz CT molecular complexity index is 889. The van der Waals surface area contributed by atoms with Crippen molar-refractivity contribution in [3.05, 3.63) is 58.3 Å². The Morgan fingerprint density at radius 3 is 2.66 bits per heavy atom. The largest absolute Gasteiger partial charge is 0.493 e. The lowest BCUT2D eigenvalue weighted by Gasteiger charge is -2.10. The standard InChI is InChI=1S/C21H23NO6S/c1-4-11-27-18-7-5-15(12-19(18)26-3)21(25)28-13-17(24)20-8-6-16(29-20)9-10-22-14(2)23/h4-8,12H,1,9-11,13H2,2-3H3,(H,22,23). The first kappa shape index (κ1) is 22.2. The molecule has 1 aromatic carbocycles. The minimum absolute atomic E-state index is 0.0956. The van der Waals surface area contributed by atoms with E-state index < -0.39 is 5.97 Å². The van der Waals surface area contributed by atoms with Gasteiger partial charge in [-0.3, -0.25) is 9.59 Å². The first-order valence-corrected chi connectivity index (χ1v) is 9.71. The average Bonchev–Trinajstić information content (AvgIpc) is 3.18. The Morgan fingerprint density at radius 2 is 1.97 bits per heavy atom. The number of nitrogens with one attached hydrogen (secondary N) is 1. The predicted octanol–water partition coefficient (Wildman–Crippen LogP) is 3.04. The van der Waals surface area contributed by atoms with Gasteiger partial charge in [0.05, 0.1) is 17.6 Å². The van der Waals surface area contributed by atoms with E-state index in [-0.39, 0.29) is 23.9 Å². The van der Waals surface area contributed by atoms with Crippen LogP contribution in [0.3, 0.4) is 0 Å². The van der Waals surface area contributed by atoms with Crippen molar-refractivity contribution in [2.24, 2.45) is 0 Å². The van der Waals surface area contributed by atoms with E-state index in [0.717, 1.165) is 4.88 Å². The maximum Gasteiger partial charge on any atom is 0.338 e. The highest BCUT2D eigenvalue weighted by atomic mass is 32.1. The Kier molecular flexibility index (Phi) is 8.42. The third kappa shape index (κ3) is 6.76. The highest BCUT2D eigenvalue weighted by Gasteiger charge is 2.16. The summed E-state index contributed by atoms with van der Waals surface area (Å²) in [7, 11) is 1.47. The van der Waals surface area contributed by atoms with Crippen molar-refractivity contribution in [2.75, 3.05) is 26.9 Å². The minimum atomic E-state index is -0.630. The number of ketones is 1. The summed E-state index contributed by atoms with van der Waals surface area (Å²) in [5, 5.41) is 2.70. The molecule has 0 aliphatic heterocycles. The highest BCUT2D eigenvalue weighted by molar-refractivity contribution is 7.14. The normalized spacial score (nSPS) is 10.1. The fourth-order valence-electron chi connectivity index (χ4n) is 2.37. The summed E-state index contributed by atoms with van der Waals surface area (Å²) in [6.45, 7) is 5.49. The van der Waals surface area contributed by atoms with Gasteiger partial charge in [-0.15, -0.1) is 11.3 Å². The maximum absolute atomic E-state index is 12.3. The Balaban J connectivity index is 1.91. The predicted molar refractivity (Wildman–Crippen MR) is 110 cm³/mol. The molecule has 0 atom stereocenters. The topological polar surface area (TPSA) is 90.9 Å². The molecular formula is C21H23NO6S. The van der Waals surface area contributed by atoms with Crippen molar-refractivity contribution in [3.63, 3.8) is 0 Å². The highest BCUT2D eigenvalue weighted by Crippen LogP contribution is 2.28. The lowest BCUT2D eigenvalue weighted by Crippen LogP contribution is -2.22. The third-order valence-electron chi connectivity index (χ3n) is 3.77. The number of carbonyl (C=O) groups is 3. The van der Waals surface area contributed by atoms with Crippen LogP contribution in [-0.2, 0) is 16.0 Å². The maximum atomic E-state index is 12.3. The third-order valence-corrected chi connectivity index (χ3v) is 4.96. The van der Waals surface area contributed by atoms with Crippen molar-refractivity contribution < 1.29 is 28.6 Å². The molecule has 1 heterocycles. The second-order valence-electron chi connectivity index (χ2n) is 5.96. The summed E-state index contributed by atoms with van der Waals surface area (Å²) >= 11 is 1.32. The zero-order chi connectivity index (χ0) is 21.2. The van der Waals surface area contributed by atoms with Crippen LogP contribution in [0.1, 0.15) is 31.8 Å². The second-order valence-corrected chi connectivity index (χ2v) is 7.13. The van der Waals surface area contributed by atoms with Crippen LogP contribution in [0.25, 0.3) is 0 Å². The molecule has 0 saturated heterocycles. The van der Waals surface area contributed by atoms with Crippen LogP contribution in [0.4, 0.5) is 0 Å². The van der Waals surface area contributed by atoms with Crippen LogP contribution in [0, 0.1) is 0 Å². The fraction of sp³-hybridized carbons (Fsp3) is 0.286. The molecule has 2 rings (SSSR count). The van der Waals surface area contributed by atoms with Crippen molar-refractivity contribution in [1.82, 2.24) is 5.32 Å². The fourth-order valence-corrected chi connectivity index (χ4v) is 3.30. The van der Waals surface area contributed by atoms with Gasteiger partial charge in [-0.1, -0.05) is 12.7 Å². The molecule has 1 N–H and O–H groups in total. The quantitative estimate of drug-likeness (QED) is 0.343. The van der Waals surface area contributed by atoms with Crippen LogP contribution >= 0.6 is 11.3 Å². The molecule has 154 valence electrons. The number of benzene rings is 1. The number of hydrogen-bond acceptors (Lipinski definition) is 7. The molecule has 0 unspecified atom stereocenters. The second kappa shape index (κ2) is 11.0. The number of carbonyl (C=O) groups excluding carboxylic acids is 3. The van der Waals surface area contributed by atoms with Crippen molar-refractivity contribution in [3.8, 4) is 11.5 Å². The molecule has 0 bridgehead atoms.